The summed E-state index contributed by atoms with van der Waals surface area (Å²) in [5, 5.41) is 19.5. The molecule has 0 aliphatic heterocycles. The monoisotopic (exact) mass is 418 g/mol. The van der Waals surface area contributed by atoms with E-state index >= 15 is 0 Å². The second-order valence-electron chi connectivity index (χ2n) is 11.8. The molecule has 0 spiro atoms. The van der Waals surface area contributed by atoms with E-state index in [0.29, 0.717) is 35.4 Å². The average Bonchev–Trinajstić information content (AvgIpc) is 3.05. The zero-order valence-corrected chi connectivity index (χ0v) is 19.4. The molecule has 10 atom stereocenters. The fraction of sp³-hybridized carbons (Fsp3) is 0.923. The molecule has 4 fully saturated rings. The number of carboxylic acids is 1. The van der Waals surface area contributed by atoms with Gasteiger partial charge in [-0.3, -0.25) is 9.59 Å². The third kappa shape index (κ3) is 3.27. The zero-order chi connectivity index (χ0) is 21.8. The van der Waals surface area contributed by atoms with Crippen molar-refractivity contribution >= 4 is 11.8 Å². The smallest absolute Gasteiger partial charge is 0.303 e. The largest absolute Gasteiger partial charge is 0.481 e. The van der Waals surface area contributed by atoms with Gasteiger partial charge in [0.25, 0.3) is 0 Å². The van der Waals surface area contributed by atoms with Gasteiger partial charge < -0.3 is 10.2 Å². The van der Waals surface area contributed by atoms with E-state index in [1.807, 2.05) is 0 Å². The summed E-state index contributed by atoms with van der Waals surface area (Å²) in [6.45, 7) is 9.28. The van der Waals surface area contributed by atoms with E-state index in [1.165, 1.54) is 6.42 Å². The van der Waals surface area contributed by atoms with Gasteiger partial charge in [0, 0.05) is 18.3 Å². The molecular weight excluding hydrogens is 376 g/mol. The van der Waals surface area contributed by atoms with Gasteiger partial charge in [-0.1, -0.05) is 27.7 Å². The minimum Gasteiger partial charge on any atom is -0.481 e. The van der Waals surface area contributed by atoms with Crippen LogP contribution in [-0.4, -0.2) is 28.1 Å². The van der Waals surface area contributed by atoms with E-state index in [9.17, 15) is 14.7 Å². The summed E-state index contributed by atoms with van der Waals surface area (Å²) >= 11 is 0. The van der Waals surface area contributed by atoms with Gasteiger partial charge in [0.2, 0.25) is 0 Å². The van der Waals surface area contributed by atoms with Crippen LogP contribution in [-0.2, 0) is 9.59 Å². The van der Waals surface area contributed by atoms with Gasteiger partial charge in [-0.25, -0.2) is 0 Å². The van der Waals surface area contributed by atoms with Gasteiger partial charge in [-0.2, -0.15) is 0 Å². The molecule has 4 heteroatoms. The third-order valence-corrected chi connectivity index (χ3v) is 10.7. The van der Waals surface area contributed by atoms with Crippen molar-refractivity contribution < 1.29 is 19.8 Å². The van der Waals surface area contributed by atoms with Crippen LogP contribution in [0.1, 0.15) is 91.9 Å². The molecule has 0 aromatic rings. The molecule has 0 aromatic heterocycles. The highest BCUT2D eigenvalue weighted by Crippen LogP contribution is 2.68. The molecule has 0 bridgehead atoms. The molecule has 0 aromatic carbocycles. The van der Waals surface area contributed by atoms with Gasteiger partial charge in [-0.15, -0.1) is 0 Å². The zero-order valence-electron chi connectivity index (χ0n) is 19.4. The number of carboxylic acid groups (broad SMARTS) is 1. The van der Waals surface area contributed by atoms with Gasteiger partial charge in [0.05, 0.1) is 6.10 Å². The lowest BCUT2D eigenvalue weighted by molar-refractivity contribution is -0.173. The number of aliphatic hydroxyl groups is 1. The molecule has 4 saturated carbocycles. The summed E-state index contributed by atoms with van der Waals surface area (Å²) in [4.78, 5) is 25.0. The first-order chi connectivity index (χ1) is 14.1. The summed E-state index contributed by atoms with van der Waals surface area (Å²) in [5.74, 6) is 2.31. The molecule has 4 nitrogen and oxygen atoms in total. The summed E-state index contributed by atoms with van der Waals surface area (Å²) in [6, 6.07) is 0. The minimum atomic E-state index is -0.697. The van der Waals surface area contributed by atoms with Crippen molar-refractivity contribution in [2.24, 2.45) is 52.3 Å². The van der Waals surface area contributed by atoms with Crippen LogP contribution in [0.4, 0.5) is 0 Å². The number of hydrogen-bond donors (Lipinski definition) is 2. The first-order valence-corrected chi connectivity index (χ1v) is 12.6. The van der Waals surface area contributed by atoms with Crippen LogP contribution in [0.2, 0.25) is 0 Å². The van der Waals surface area contributed by atoms with E-state index in [4.69, 9.17) is 5.11 Å². The van der Waals surface area contributed by atoms with Crippen molar-refractivity contribution in [3.63, 3.8) is 0 Å². The Hall–Kier alpha value is -0.900. The summed E-state index contributed by atoms with van der Waals surface area (Å²) in [7, 11) is 0. The lowest BCUT2D eigenvalue weighted by Gasteiger charge is -2.62. The van der Waals surface area contributed by atoms with Crippen LogP contribution in [0.5, 0.6) is 0 Å². The van der Waals surface area contributed by atoms with Crippen molar-refractivity contribution in [3.8, 4) is 0 Å². The molecule has 0 amide bonds. The maximum atomic E-state index is 13.9. The third-order valence-electron chi connectivity index (χ3n) is 10.7. The normalized spacial score (nSPS) is 49.1. The molecule has 4 aliphatic carbocycles. The average molecular weight is 419 g/mol. The Balaban J connectivity index is 1.62. The maximum absolute atomic E-state index is 13.9. The van der Waals surface area contributed by atoms with Crippen LogP contribution in [0.3, 0.4) is 0 Å². The topological polar surface area (TPSA) is 74.6 Å². The number of ketones is 1. The Bertz CT molecular complexity index is 689. The predicted octanol–water partition coefficient (Wildman–Crippen LogP) is 5.32. The molecule has 4 aliphatic rings. The van der Waals surface area contributed by atoms with Crippen LogP contribution in [0.25, 0.3) is 0 Å². The van der Waals surface area contributed by atoms with E-state index in [2.05, 4.69) is 27.7 Å². The number of fused-ring (bicyclic) bond motifs is 5. The highest BCUT2D eigenvalue weighted by atomic mass is 16.4. The molecular formula is C26H42O4. The lowest BCUT2D eigenvalue weighted by atomic mass is 9.42. The highest BCUT2D eigenvalue weighted by Gasteiger charge is 2.65. The summed E-state index contributed by atoms with van der Waals surface area (Å²) in [6.07, 6.45) is 9.01. The summed E-state index contributed by atoms with van der Waals surface area (Å²) < 4.78 is 0. The standard InChI is InChI=1S/C26H42O4/c1-5-17-21-14-16(27)10-12-26(21,4)20-11-13-25(3)18(15(2)6-9-22(28)29)7-8-19(25)23(20)24(17)30/h15-21,23,27H,5-14H2,1-4H3,(H,28,29)/t15-,16?,17-,18?,19?,20?,21+,23?,25-,26-/m1/s1. The van der Waals surface area contributed by atoms with Crippen molar-refractivity contribution in [1.29, 1.82) is 0 Å². The van der Waals surface area contributed by atoms with Gasteiger partial charge in [0.15, 0.2) is 0 Å². The Morgan fingerprint density at radius 2 is 1.73 bits per heavy atom. The van der Waals surface area contributed by atoms with Crippen molar-refractivity contribution in [3.05, 3.63) is 0 Å². The van der Waals surface area contributed by atoms with Crippen LogP contribution in [0.15, 0.2) is 0 Å². The van der Waals surface area contributed by atoms with Gasteiger partial charge in [0.1, 0.15) is 5.78 Å². The van der Waals surface area contributed by atoms with Crippen molar-refractivity contribution in [1.82, 2.24) is 0 Å². The first kappa shape index (κ1) is 22.3. The molecule has 4 rings (SSSR count). The molecule has 0 heterocycles. The van der Waals surface area contributed by atoms with Crippen molar-refractivity contribution in [2.45, 2.75) is 98.0 Å². The Labute approximate surface area is 182 Å². The number of rotatable bonds is 5. The van der Waals surface area contributed by atoms with E-state index in [1.54, 1.807) is 0 Å². The second kappa shape index (κ2) is 7.90. The predicted molar refractivity (Wildman–Crippen MR) is 117 cm³/mol. The van der Waals surface area contributed by atoms with Crippen LogP contribution < -0.4 is 0 Å². The fourth-order valence-corrected chi connectivity index (χ4v) is 9.16. The van der Waals surface area contributed by atoms with E-state index in [0.717, 1.165) is 51.4 Å². The Morgan fingerprint density at radius 3 is 2.40 bits per heavy atom. The molecule has 0 saturated heterocycles. The minimum absolute atomic E-state index is 0.108. The molecule has 170 valence electrons. The highest BCUT2D eigenvalue weighted by molar-refractivity contribution is 5.86. The number of aliphatic hydroxyl groups excluding tert-OH is 1. The van der Waals surface area contributed by atoms with E-state index in [-0.39, 0.29) is 35.2 Å². The molecule has 0 radical (unpaired) electrons. The van der Waals surface area contributed by atoms with Gasteiger partial charge >= 0.3 is 5.97 Å². The fourth-order valence-electron chi connectivity index (χ4n) is 9.16. The number of carbonyl (C=O) groups is 2. The van der Waals surface area contributed by atoms with Crippen LogP contribution in [0, 0.1) is 52.3 Å². The number of aliphatic carboxylic acids is 1. The first-order valence-electron chi connectivity index (χ1n) is 12.6. The Morgan fingerprint density at radius 1 is 1.07 bits per heavy atom. The SMILES string of the molecule is CC[C@H]1C(=O)C2C3CCC([C@H](C)CCC(=O)O)[C@@]3(C)CCC2[C@@]2(C)CCC(O)C[C@@H]12. The molecule has 5 unspecified atom stereocenters. The Kier molecular flexibility index (Phi) is 5.87. The second-order valence-corrected chi connectivity index (χ2v) is 11.8. The maximum Gasteiger partial charge on any atom is 0.303 e. The number of Topliss-reactive ketones (excluding diaryl/α,β-unsaturated/α-hetero) is 1. The van der Waals surface area contributed by atoms with Gasteiger partial charge in [-0.05, 0) is 98.2 Å². The van der Waals surface area contributed by atoms with E-state index < -0.39 is 5.97 Å². The lowest BCUT2D eigenvalue weighted by Crippen LogP contribution is -2.60. The van der Waals surface area contributed by atoms with Crippen molar-refractivity contribution in [2.75, 3.05) is 0 Å². The quantitative estimate of drug-likeness (QED) is 0.633. The number of hydrogen-bond acceptors (Lipinski definition) is 3. The molecule has 30 heavy (non-hydrogen) atoms. The molecule has 2 N–H and O–H groups in total. The summed E-state index contributed by atoms with van der Waals surface area (Å²) in [5.41, 5.74) is 0.358. The number of carbonyl (C=O) groups excluding carboxylic acids is 1. The van der Waals surface area contributed by atoms with Crippen LogP contribution >= 0.6 is 0 Å².